The first-order chi connectivity index (χ1) is 23.3. The summed E-state index contributed by atoms with van der Waals surface area (Å²) >= 11 is 0. The van der Waals surface area contributed by atoms with Crippen molar-refractivity contribution in [3.63, 3.8) is 0 Å². The molecule has 49 heavy (non-hydrogen) atoms. The minimum Gasteiger partial charge on any atom is -0.458 e. The van der Waals surface area contributed by atoms with Crippen LogP contribution in [0.2, 0.25) is 0 Å². The highest BCUT2D eigenvalue weighted by Gasteiger charge is 2.64. The van der Waals surface area contributed by atoms with Gasteiger partial charge in [-0.15, -0.1) is 0 Å². The standard InChI is InChI=1S/C36H54O13/c1-16-21(18-11-26(38)45-15-18)8-10-36(43)22-6-5-19-12-20(7-9-35(19,3)24(22)13-23(16)36)47-34-30(42)32(44-4)31(17(2)46-34)49-33-29(41)28(40)27(39)25(14-37)48-33/h11,17,19-25,27-34,37,39-43H,1,5-10,12-15H2,2-4H3. The molecule has 0 aromatic carbocycles. The van der Waals surface area contributed by atoms with Crippen LogP contribution in [0.1, 0.15) is 65.2 Å². The predicted octanol–water partition coefficient (Wildman–Crippen LogP) is 0.710. The Morgan fingerprint density at radius 3 is 2.37 bits per heavy atom. The van der Waals surface area contributed by atoms with Gasteiger partial charge in [-0.05, 0) is 87.0 Å². The van der Waals surface area contributed by atoms with E-state index in [9.17, 15) is 35.4 Å². The van der Waals surface area contributed by atoms with Gasteiger partial charge >= 0.3 is 5.97 Å². The van der Waals surface area contributed by atoms with Crippen molar-refractivity contribution in [1.29, 1.82) is 0 Å². The first-order valence-electron chi connectivity index (χ1n) is 18.1. The molecule has 18 atom stereocenters. The second kappa shape index (κ2) is 13.5. The molecule has 7 aliphatic rings. The van der Waals surface area contributed by atoms with Crippen LogP contribution in [0.3, 0.4) is 0 Å². The van der Waals surface area contributed by atoms with Gasteiger partial charge < -0.3 is 59.1 Å². The molecule has 0 aromatic rings. The number of carbonyl (C=O) groups excluding carboxylic acids is 1. The fraction of sp³-hybridized carbons (Fsp3) is 0.861. The van der Waals surface area contributed by atoms with E-state index in [1.165, 1.54) is 7.11 Å². The van der Waals surface area contributed by atoms with Crippen LogP contribution in [0.15, 0.2) is 23.8 Å². The average Bonchev–Trinajstić information content (AvgIpc) is 3.65. The van der Waals surface area contributed by atoms with E-state index in [0.29, 0.717) is 24.9 Å². The minimum atomic E-state index is -1.60. The molecule has 0 bridgehead atoms. The van der Waals surface area contributed by atoms with E-state index in [1.54, 1.807) is 13.0 Å². The van der Waals surface area contributed by atoms with Crippen LogP contribution in [0.5, 0.6) is 0 Å². The monoisotopic (exact) mass is 694 g/mol. The van der Waals surface area contributed by atoms with Crippen LogP contribution in [0.4, 0.5) is 0 Å². The maximum Gasteiger partial charge on any atom is 0.331 e. The Balaban J connectivity index is 0.989. The third-order valence-corrected chi connectivity index (χ3v) is 13.7. The Morgan fingerprint density at radius 1 is 0.918 bits per heavy atom. The molecule has 276 valence electrons. The van der Waals surface area contributed by atoms with E-state index in [-0.39, 0.29) is 35.2 Å². The molecule has 2 saturated heterocycles. The first-order valence-corrected chi connectivity index (χ1v) is 18.1. The number of cyclic esters (lactones) is 1. The molecule has 7 rings (SSSR count). The van der Waals surface area contributed by atoms with Crippen molar-refractivity contribution in [2.45, 2.75) is 138 Å². The van der Waals surface area contributed by atoms with Crippen molar-refractivity contribution in [3.8, 4) is 0 Å². The van der Waals surface area contributed by atoms with E-state index in [4.69, 9.17) is 28.4 Å². The highest BCUT2D eigenvalue weighted by molar-refractivity contribution is 5.85. The highest BCUT2D eigenvalue weighted by Crippen LogP contribution is 2.67. The SMILES string of the molecule is C=C1C(C2=CC(=O)OC2)CCC2(O)C1CC1C2CCC2CC(OC3OC(C)C(OC4OC(CO)C(O)C(O)C4O)C(OC)C3O)CCC21C. The summed E-state index contributed by atoms with van der Waals surface area (Å²) in [6.07, 6.45) is -3.74. The van der Waals surface area contributed by atoms with Crippen molar-refractivity contribution in [2.24, 2.45) is 35.0 Å². The number of ether oxygens (including phenoxy) is 6. The van der Waals surface area contributed by atoms with Crippen LogP contribution in [0.25, 0.3) is 0 Å². The summed E-state index contributed by atoms with van der Waals surface area (Å²) in [5.41, 5.74) is 1.28. The first kappa shape index (κ1) is 35.9. The van der Waals surface area contributed by atoms with Gasteiger partial charge in [0.15, 0.2) is 12.6 Å². The smallest absolute Gasteiger partial charge is 0.331 e. The maximum atomic E-state index is 12.2. The minimum absolute atomic E-state index is 0.00112. The highest BCUT2D eigenvalue weighted by atomic mass is 16.7. The van der Waals surface area contributed by atoms with Crippen molar-refractivity contribution >= 4 is 5.97 Å². The Labute approximate surface area is 287 Å². The summed E-state index contributed by atoms with van der Waals surface area (Å²) < 4.78 is 35.0. The summed E-state index contributed by atoms with van der Waals surface area (Å²) in [5, 5.41) is 64.0. The molecular weight excluding hydrogens is 640 g/mol. The van der Waals surface area contributed by atoms with E-state index in [0.717, 1.165) is 56.1 Å². The second-order valence-electron chi connectivity index (χ2n) is 16.0. The molecule has 0 spiro atoms. The lowest BCUT2D eigenvalue weighted by molar-refractivity contribution is -0.362. The van der Waals surface area contributed by atoms with E-state index >= 15 is 0 Å². The summed E-state index contributed by atoms with van der Waals surface area (Å²) in [6.45, 7) is 8.34. The van der Waals surface area contributed by atoms with Crippen LogP contribution >= 0.6 is 0 Å². The molecule has 0 radical (unpaired) electrons. The van der Waals surface area contributed by atoms with Gasteiger partial charge in [0.2, 0.25) is 0 Å². The number of carbonyl (C=O) groups is 1. The normalized spacial score (nSPS) is 53.0. The Bertz CT molecular complexity index is 1290. The van der Waals surface area contributed by atoms with Gasteiger partial charge in [-0.1, -0.05) is 19.1 Å². The average molecular weight is 695 g/mol. The number of fused-ring (bicyclic) bond motifs is 5. The number of aliphatic hydroxyl groups excluding tert-OH is 5. The van der Waals surface area contributed by atoms with E-state index in [1.807, 2.05) is 0 Å². The van der Waals surface area contributed by atoms with Crippen molar-refractivity contribution in [3.05, 3.63) is 23.8 Å². The van der Waals surface area contributed by atoms with Crippen LogP contribution in [0, 0.1) is 35.0 Å². The Hall–Kier alpha value is -1.49. The third kappa shape index (κ3) is 5.94. The molecule has 4 aliphatic carbocycles. The van der Waals surface area contributed by atoms with E-state index in [2.05, 4.69) is 13.5 Å². The summed E-state index contributed by atoms with van der Waals surface area (Å²) in [4.78, 5) is 11.8. The van der Waals surface area contributed by atoms with Gasteiger partial charge in [0, 0.05) is 25.0 Å². The number of hydrogen-bond acceptors (Lipinski definition) is 13. The molecule has 3 heterocycles. The molecule has 13 nitrogen and oxygen atoms in total. The second-order valence-corrected chi connectivity index (χ2v) is 16.0. The lowest BCUT2D eigenvalue weighted by Gasteiger charge is -2.55. The number of rotatable bonds is 7. The Kier molecular flexibility index (Phi) is 9.88. The topological polar surface area (TPSA) is 194 Å². The van der Waals surface area contributed by atoms with Crippen molar-refractivity contribution in [2.75, 3.05) is 20.3 Å². The zero-order valence-electron chi connectivity index (χ0n) is 28.6. The summed E-state index contributed by atoms with van der Waals surface area (Å²) in [6, 6.07) is 0. The predicted molar refractivity (Wildman–Crippen MR) is 170 cm³/mol. The van der Waals surface area contributed by atoms with Gasteiger partial charge in [0.05, 0.1) is 24.4 Å². The summed E-state index contributed by atoms with van der Waals surface area (Å²) in [7, 11) is 1.43. The quantitative estimate of drug-likeness (QED) is 0.124. The van der Waals surface area contributed by atoms with Gasteiger partial charge in [0.25, 0.3) is 0 Å². The lowest BCUT2D eigenvalue weighted by Crippen LogP contribution is -2.64. The molecule has 6 fully saturated rings. The molecular formula is C36H54O13. The molecule has 6 N–H and O–H groups in total. The Morgan fingerprint density at radius 2 is 1.67 bits per heavy atom. The largest absolute Gasteiger partial charge is 0.458 e. The number of methoxy groups -OCH3 is 1. The van der Waals surface area contributed by atoms with Gasteiger partial charge in [-0.2, -0.15) is 0 Å². The maximum absolute atomic E-state index is 12.2. The van der Waals surface area contributed by atoms with Crippen LogP contribution in [-0.2, 0) is 33.2 Å². The van der Waals surface area contributed by atoms with E-state index < -0.39 is 73.6 Å². The number of aliphatic hydroxyl groups is 6. The zero-order valence-corrected chi connectivity index (χ0v) is 28.6. The summed E-state index contributed by atoms with van der Waals surface area (Å²) in [5.74, 6) is 0.714. The molecule has 4 saturated carbocycles. The van der Waals surface area contributed by atoms with Crippen LogP contribution in [-0.4, -0.2) is 130 Å². The molecule has 0 aromatic heterocycles. The van der Waals surface area contributed by atoms with Crippen LogP contribution < -0.4 is 0 Å². The lowest BCUT2D eigenvalue weighted by atomic mass is 9.51. The molecule has 13 heteroatoms. The molecule has 18 unspecified atom stereocenters. The van der Waals surface area contributed by atoms with Gasteiger partial charge in [-0.3, -0.25) is 0 Å². The number of hydrogen-bond donors (Lipinski definition) is 6. The van der Waals surface area contributed by atoms with Crippen molar-refractivity contribution < 1.29 is 63.9 Å². The fourth-order valence-electron chi connectivity index (χ4n) is 11.0. The molecule has 3 aliphatic heterocycles. The van der Waals surface area contributed by atoms with Gasteiger partial charge in [-0.25, -0.2) is 4.79 Å². The van der Waals surface area contributed by atoms with Gasteiger partial charge in [0.1, 0.15) is 49.3 Å². The fourth-order valence-corrected chi connectivity index (χ4v) is 11.0. The zero-order chi connectivity index (χ0) is 35.0. The molecule has 0 amide bonds. The third-order valence-electron chi connectivity index (χ3n) is 13.7. The number of esters is 1. The van der Waals surface area contributed by atoms with Crippen molar-refractivity contribution in [1.82, 2.24) is 0 Å².